The highest BCUT2D eigenvalue weighted by Crippen LogP contribution is 2.38. The van der Waals surface area contributed by atoms with Gasteiger partial charge < -0.3 is 20.0 Å². The van der Waals surface area contributed by atoms with Gasteiger partial charge >= 0.3 is 0 Å². The summed E-state index contributed by atoms with van der Waals surface area (Å²) in [6.07, 6.45) is 5.08. The van der Waals surface area contributed by atoms with Crippen LogP contribution in [-0.4, -0.2) is 70.9 Å². The first-order valence-corrected chi connectivity index (χ1v) is 11.5. The number of carbonyl (C=O) groups excluding carboxylic acids is 3. The number of likely N-dealkylation sites (tertiary alicyclic amines) is 1. The number of hydrogen-bond donors (Lipinski definition) is 1. The first-order valence-electron chi connectivity index (χ1n) is 11.5. The summed E-state index contributed by atoms with van der Waals surface area (Å²) in [5, 5.41) is 2.89. The predicted molar refractivity (Wildman–Crippen MR) is 126 cm³/mol. The quantitative estimate of drug-likeness (QED) is 0.756. The van der Waals surface area contributed by atoms with E-state index in [2.05, 4.69) is 15.2 Å². The first kappa shape index (κ1) is 22.8. The Kier molecular flexibility index (Phi) is 6.35. The standard InChI is InChI=1S/C25H31N5O3/c1-4-21(27-22(31)19-8-5-7-18(2)15-19)23(32)29-13-10-25(11-14-29)24(33)28(3)17-30(25)20-9-6-12-26-16-20/h5-9,12,15-16,21H,4,10-11,13-14,17H2,1-3H3,(H,27,31). The lowest BCUT2D eigenvalue weighted by Crippen LogP contribution is -2.59. The molecule has 33 heavy (non-hydrogen) atoms. The fraction of sp³-hybridized carbons (Fsp3) is 0.440. The minimum Gasteiger partial charge on any atom is -0.341 e. The van der Waals surface area contributed by atoms with Gasteiger partial charge in [-0.05, 0) is 50.5 Å². The van der Waals surface area contributed by atoms with Gasteiger partial charge in [-0.15, -0.1) is 0 Å². The number of piperidine rings is 1. The van der Waals surface area contributed by atoms with E-state index in [-0.39, 0.29) is 17.7 Å². The van der Waals surface area contributed by atoms with Crippen molar-refractivity contribution in [1.82, 2.24) is 20.1 Å². The number of benzene rings is 1. The van der Waals surface area contributed by atoms with E-state index in [9.17, 15) is 14.4 Å². The zero-order valence-electron chi connectivity index (χ0n) is 19.5. The van der Waals surface area contributed by atoms with Crippen molar-refractivity contribution < 1.29 is 14.4 Å². The van der Waals surface area contributed by atoms with Gasteiger partial charge in [-0.2, -0.15) is 0 Å². The number of nitrogens with zero attached hydrogens (tertiary/aromatic N) is 4. The molecule has 2 fully saturated rings. The molecule has 4 rings (SSSR count). The van der Waals surface area contributed by atoms with Crippen LogP contribution in [0.2, 0.25) is 0 Å². The Balaban J connectivity index is 1.45. The normalized spacial score (nSPS) is 18.5. The highest BCUT2D eigenvalue weighted by molar-refractivity contribution is 5.98. The topological polar surface area (TPSA) is 85.8 Å². The molecular weight excluding hydrogens is 418 g/mol. The molecule has 2 saturated heterocycles. The summed E-state index contributed by atoms with van der Waals surface area (Å²) in [7, 11) is 1.81. The van der Waals surface area contributed by atoms with Crippen LogP contribution in [0.25, 0.3) is 0 Å². The molecule has 2 aliphatic heterocycles. The molecule has 2 aliphatic rings. The molecule has 3 amide bonds. The third-order valence-electron chi connectivity index (χ3n) is 6.77. The number of pyridine rings is 1. The van der Waals surface area contributed by atoms with E-state index in [0.717, 1.165) is 11.3 Å². The third kappa shape index (κ3) is 4.29. The maximum absolute atomic E-state index is 13.3. The van der Waals surface area contributed by atoms with Gasteiger partial charge in [0.15, 0.2) is 0 Å². The number of nitrogens with one attached hydrogen (secondary N) is 1. The Morgan fingerprint density at radius 2 is 1.94 bits per heavy atom. The fourth-order valence-electron chi connectivity index (χ4n) is 4.89. The van der Waals surface area contributed by atoms with Gasteiger partial charge in [0.2, 0.25) is 11.8 Å². The van der Waals surface area contributed by atoms with Crippen molar-refractivity contribution >= 4 is 23.4 Å². The smallest absolute Gasteiger partial charge is 0.251 e. The molecule has 0 saturated carbocycles. The maximum atomic E-state index is 13.3. The summed E-state index contributed by atoms with van der Waals surface area (Å²) in [5.74, 6) is -0.263. The first-order chi connectivity index (χ1) is 15.9. The highest BCUT2D eigenvalue weighted by Gasteiger charge is 2.53. The van der Waals surface area contributed by atoms with Crippen molar-refractivity contribution in [3.63, 3.8) is 0 Å². The van der Waals surface area contributed by atoms with Crippen molar-refractivity contribution in [2.75, 3.05) is 31.7 Å². The van der Waals surface area contributed by atoms with E-state index < -0.39 is 11.6 Å². The summed E-state index contributed by atoms with van der Waals surface area (Å²) >= 11 is 0. The Labute approximate surface area is 194 Å². The average Bonchev–Trinajstić information content (AvgIpc) is 3.08. The van der Waals surface area contributed by atoms with Crippen LogP contribution in [0.3, 0.4) is 0 Å². The monoisotopic (exact) mass is 449 g/mol. The van der Waals surface area contributed by atoms with Gasteiger partial charge in [0.25, 0.3) is 5.91 Å². The van der Waals surface area contributed by atoms with Crippen molar-refractivity contribution in [3.8, 4) is 0 Å². The van der Waals surface area contributed by atoms with Crippen LogP contribution in [0.5, 0.6) is 0 Å². The van der Waals surface area contributed by atoms with Gasteiger partial charge in [-0.1, -0.05) is 24.6 Å². The Morgan fingerprint density at radius 3 is 2.58 bits per heavy atom. The average molecular weight is 450 g/mol. The number of aromatic nitrogens is 1. The number of rotatable bonds is 5. The second-order valence-electron chi connectivity index (χ2n) is 8.94. The molecule has 3 heterocycles. The lowest BCUT2D eigenvalue weighted by atomic mass is 9.85. The molecule has 1 aromatic carbocycles. The molecule has 2 aromatic rings. The van der Waals surface area contributed by atoms with Crippen LogP contribution in [0.1, 0.15) is 42.1 Å². The number of aryl methyl sites for hydroxylation is 1. The van der Waals surface area contributed by atoms with Crippen molar-refractivity contribution in [1.29, 1.82) is 0 Å². The lowest BCUT2D eigenvalue weighted by Gasteiger charge is -2.43. The molecule has 8 nitrogen and oxygen atoms in total. The van der Waals surface area contributed by atoms with Crippen LogP contribution < -0.4 is 10.2 Å². The molecule has 0 aliphatic carbocycles. The van der Waals surface area contributed by atoms with Crippen molar-refractivity contribution in [2.24, 2.45) is 0 Å². The van der Waals surface area contributed by atoms with Crippen molar-refractivity contribution in [2.45, 2.75) is 44.7 Å². The second-order valence-corrected chi connectivity index (χ2v) is 8.94. The summed E-state index contributed by atoms with van der Waals surface area (Å²) < 4.78 is 0. The fourth-order valence-corrected chi connectivity index (χ4v) is 4.89. The molecule has 1 spiro atoms. The highest BCUT2D eigenvalue weighted by atomic mass is 16.2. The Morgan fingerprint density at radius 1 is 1.18 bits per heavy atom. The summed E-state index contributed by atoms with van der Waals surface area (Å²) in [4.78, 5) is 49.0. The summed E-state index contributed by atoms with van der Waals surface area (Å²) in [6.45, 7) is 5.25. The van der Waals surface area contributed by atoms with Gasteiger partial charge in [0.05, 0.1) is 18.6 Å². The molecular formula is C25H31N5O3. The van der Waals surface area contributed by atoms with Gasteiger partial charge in [0, 0.05) is 31.9 Å². The van der Waals surface area contributed by atoms with E-state index in [1.54, 1.807) is 28.3 Å². The predicted octanol–water partition coefficient (Wildman–Crippen LogP) is 2.20. The zero-order valence-corrected chi connectivity index (χ0v) is 19.5. The molecule has 0 radical (unpaired) electrons. The number of anilines is 1. The molecule has 1 N–H and O–H groups in total. The van der Waals surface area contributed by atoms with Gasteiger partial charge in [0.1, 0.15) is 11.6 Å². The molecule has 1 aromatic heterocycles. The Bertz CT molecular complexity index is 1030. The minimum atomic E-state index is -0.666. The second kappa shape index (κ2) is 9.21. The van der Waals surface area contributed by atoms with E-state index in [1.165, 1.54) is 0 Å². The van der Waals surface area contributed by atoms with Crippen LogP contribution in [0.4, 0.5) is 5.69 Å². The van der Waals surface area contributed by atoms with Crippen molar-refractivity contribution in [3.05, 3.63) is 59.9 Å². The number of likely N-dealkylation sites (N-methyl/N-ethyl adjacent to an activating group) is 1. The van der Waals surface area contributed by atoms with E-state index in [1.807, 2.05) is 51.2 Å². The zero-order chi connectivity index (χ0) is 23.6. The minimum absolute atomic E-state index is 0.0817. The van der Waals surface area contributed by atoms with Crippen LogP contribution in [0, 0.1) is 6.92 Å². The molecule has 1 atom stereocenters. The third-order valence-corrected chi connectivity index (χ3v) is 6.77. The molecule has 174 valence electrons. The molecule has 1 unspecified atom stereocenters. The van der Waals surface area contributed by atoms with E-state index >= 15 is 0 Å². The van der Waals surface area contributed by atoms with Crippen LogP contribution in [-0.2, 0) is 9.59 Å². The lowest BCUT2D eigenvalue weighted by molar-refractivity contribution is -0.139. The maximum Gasteiger partial charge on any atom is 0.251 e. The van der Waals surface area contributed by atoms with E-state index in [0.29, 0.717) is 44.6 Å². The number of hydrogen-bond acceptors (Lipinski definition) is 5. The molecule has 8 heteroatoms. The summed E-state index contributed by atoms with van der Waals surface area (Å²) in [5.41, 5.74) is 1.78. The Hall–Kier alpha value is -3.42. The van der Waals surface area contributed by atoms with Gasteiger partial charge in [-0.25, -0.2) is 0 Å². The summed E-state index contributed by atoms with van der Waals surface area (Å²) in [6, 6.07) is 10.6. The SMILES string of the molecule is CCC(NC(=O)c1cccc(C)c1)C(=O)N1CCC2(CC1)C(=O)N(C)CN2c1cccnc1. The molecule has 0 bridgehead atoms. The largest absolute Gasteiger partial charge is 0.341 e. The van der Waals surface area contributed by atoms with Crippen LogP contribution in [0.15, 0.2) is 48.8 Å². The number of carbonyl (C=O) groups is 3. The van der Waals surface area contributed by atoms with Crippen LogP contribution >= 0.6 is 0 Å². The van der Waals surface area contributed by atoms with E-state index in [4.69, 9.17) is 0 Å². The number of amides is 3. The van der Waals surface area contributed by atoms with Gasteiger partial charge in [-0.3, -0.25) is 19.4 Å².